The van der Waals surface area contributed by atoms with Crippen LogP contribution in [0.5, 0.6) is 0 Å². The minimum absolute atomic E-state index is 0.129. The first kappa shape index (κ1) is 27.4. The molecule has 0 bridgehead atoms. The molecule has 0 spiro atoms. The molecular formula is C26H36N2O6. The number of aliphatic hydroxyl groups is 2. The molecule has 2 rings (SSSR count). The number of esters is 2. The van der Waals surface area contributed by atoms with Crippen molar-refractivity contribution in [3.8, 4) is 0 Å². The fourth-order valence-electron chi connectivity index (χ4n) is 3.44. The smallest absolute Gasteiger partial charge is 0.338 e. The number of carbonyl (C=O) groups is 2. The number of hydrogen-bond acceptors (Lipinski definition) is 8. The molecule has 8 nitrogen and oxygen atoms in total. The number of nitrogens with zero attached hydrogens (tertiary/aromatic N) is 2. The molecule has 2 heterocycles. The lowest BCUT2D eigenvalue weighted by Gasteiger charge is -2.16. The number of rotatable bonds is 17. The van der Waals surface area contributed by atoms with Gasteiger partial charge in [-0.05, 0) is 61.8 Å². The van der Waals surface area contributed by atoms with Crippen LogP contribution >= 0.6 is 0 Å². The Morgan fingerprint density at radius 1 is 0.676 bits per heavy atom. The van der Waals surface area contributed by atoms with Gasteiger partial charge >= 0.3 is 11.9 Å². The van der Waals surface area contributed by atoms with Crippen molar-refractivity contribution in [3.63, 3.8) is 0 Å². The number of hydrogen-bond donors (Lipinski definition) is 2. The van der Waals surface area contributed by atoms with Crippen molar-refractivity contribution >= 4 is 11.9 Å². The van der Waals surface area contributed by atoms with E-state index < -0.39 is 24.1 Å². The van der Waals surface area contributed by atoms with Gasteiger partial charge in [0.15, 0.2) is 12.2 Å². The van der Waals surface area contributed by atoms with Gasteiger partial charge < -0.3 is 19.7 Å². The quantitative estimate of drug-likeness (QED) is 0.266. The Hall–Kier alpha value is -2.84. The molecule has 0 radical (unpaired) electrons. The molecule has 186 valence electrons. The molecule has 2 aromatic heterocycles. The highest BCUT2D eigenvalue weighted by atomic mass is 16.6. The first-order valence-electron chi connectivity index (χ1n) is 12.0. The molecule has 2 N–H and O–H groups in total. The lowest BCUT2D eigenvalue weighted by molar-refractivity contribution is -0.173. The summed E-state index contributed by atoms with van der Waals surface area (Å²) < 4.78 is 9.95. The van der Waals surface area contributed by atoms with E-state index in [2.05, 4.69) is 9.97 Å². The second-order valence-electron chi connectivity index (χ2n) is 8.28. The third kappa shape index (κ3) is 11.3. The highest BCUT2D eigenvalue weighted by molar-refractivity contribution is 5.85. The minimum Gasteiger partial charge on any atom is -0.464 e. The average Bonchev–Trinajstić information content (AvgIpc) is 2.87. The summed E-state index contributed by atoms with van der Waals surface area (Å²) in [5, 5.41) is 19.7. The van der Waals surface area contributed by atoms with Gasteiger partial charge in [-0.1, -0.05) is 37.8 Å². The molecule has 0 saturated heterocycles. The maximum atomic E-state index is 11.9. The normalized spacial score (nSPS) is 12.6. The Balaban J connectivity index is 1.46. The van der Waals surface area contributed by atoms with E-state index in [1.807, 2.05) is 36.7 Å². The predicted octanol–water partition coefficient (Wildman–Crippen LogP) is 3.19. The Labute approximate surface area is 201 Å². The van der Waals surface area contributed by atoms with Crippen LogP contribution in [0.2, 0.25) is 0 Å². The van der Waals surface area contributed by atoms with Crippen molar-refractivity contribution in [1.82, 2.24) is 9.97 Å². The van der Waals surface area contributed by atoms with Crippen molar-refractivity contribution in [2.75, 3.05) is 13.2 Å². The molecular weight excluding hydrogens is 436 g/mol. The fraction of sp³-hybridized carbons (Fsp3) is 0.538. The largest absolute Gasteiger partial charge is 0.464 e. The highest BCUT2D eigenvalue weighted by Crippen LogP contribution is 2.09. The Bertz CT molecular complexity index is 749. The Morgan fingerprint density at radius 2 is 1.09 bits per heavy atom. The van der Waals surface area contributed by atoms with Crippen molar-refractivity contribution in [2.45, 2.75) is 76.4 Å². The molecule has 8 heteroatoms. The molecule has 2 aromatic rings. The van der Waals surface area contributed by atoms with Gasteiger partial charge in [-0.15, -0.1) is 0 Å². The van der Waals surface area contributed by atoms with E-state index in [4.69, 9.17) is 9.47 Å². The summed E-state index contributed by atoms with van der Waals surface area (Å²) in [7, 11) is 0. The first-order valence-corrected chi connectivity index (χ1v) is 12.0. The summed E-state index contributed by atoms with van der Waals surface area (Å²) in [6.45, 7) is 0.257. The summed E-state index contributed by atoms with van der Waals surface area (Å²) in [5.74, 6) is -2.04. The van der Waals surface area contributed by atoms with Crippen LogP contribution in [0.15, 0.2) is 49.1 Å². The van der Waals surface area contributed by atoms with Crippen LogP contribution < -0.4 is 0 Å². The zero-order chi connectivity index (χ0) is 24.4. The first-order chi connectivity index (χ1) is 16.6. The van der Waals surface area contributed by atoms with Gasteiger partial charge in [0, 0.05) is 24.8 Å². The van der Waals surface area contributed by atoms with Crippen LogP contribution in [0.1, 0.15) is 62.5 Å². The number of aryl methyl sites for hydroxylation is 2. The van der Waals surface area contributed by atoms with Crippen molar-refractivity contribution in [3.05, 3.63) is 60.2 Å². The summed E-state index contributed by atoms with van der Waals surface area (Å²) in [4.78, 5) is 31.9. The number of pyridine rings is 2. The number of carbonyl (C=O) groups excluding carboxylic acids is 2. The highest BCUT2D eigenvalue weighted by Gasteiger charge is 2.32. The average molecular weight is 473 g/mol. The molecule has 0 aliphatic heterocycles. The van der Waals surface area contributed by atoms with E-state index in [0.29, 0.717) is 12.8 Å². The molecule has 0 saturated carbocycles. The Morgan fingerprint density at radius 3 is 1.47 bits per heavy atom. The van der Waals surface area contributed by atoms with Gasteiger partial charge in [-0.3, -0.25) is 9.97 Å². The maximum absolute atomic E-state index is 11.9. The number of unbranched alkanes of at least 4 members (excludes halogenated alkanes) is 6. The summed E-state index contributed by atoms with van der Waals surface area (Å²) in [6, 6.07) is 7.91. The van der Waals surface area contributed by atoms with E-state index in [9.17, 15) is 19.8 Å². The molecule has 34 heavy (non-hydrogen) atoms. The van der Waals surface area contributed by atoms with Crippen LogP contribution in [0.25, 0.3) is 0 Å². The zero-order valence-electron chi connectivity index (χ0n) is 19.7. The van der Waals surface area contributed by atoms with Crippen molar-refractivity contribution < 1.29 is 29.3 Å². The van der Waals surface area contributed by atoms with Crippen molar-refractivity contribution in [2.24, 2.45) is 0 Å². The van der Waals surface area contributed by atoms with Crippen LogP contribution in [0, 0.1) is 0 Å². The zero-order valence-corrected chi connectivity index (χ0v) is 19.7. The molecule has 0 aliphatic rings. The monoisotopic (exact) mass is 472 g/mol. The second kappa shape index (κ2) is 16.7. The summed E-state index contributed by atoms with van der Waals surface area (Å²) >= 11 is 0. The number of ether oxygens (including phenoxy) is 2. The van der Waals surface area contributed by atoms with E-state index in [0.717, 1.165) is 51.4 Å². The van der Waals surface area contributed by atoms with Gasteiger partial charge in [0.25, 0.3) is 0 Å². The summed E-state index contributed by atoms with van der Waals surface area (Å²) in [5.41, 5.74) is 2.39. The Kier molecular flexibility index (Phi) is 13.5. The van der Waals surface area contributed by atoms with Crippen LogP contribution in [-0.2, 0) is 31.9 Å². The van der Waals surface area contributed by atoms with Crippen LogP contribution in [0.4, 0.5) is 0 Å². The van der Waals surface area contributed by atoms with Gasteiger partial charge in [0.2, 0.25) is 0 Å². The maximum Gasteiger partial charge on any atom is 0.338 e. The SMILES string of the molecule is O=C(OCCCCCCc1cccnc1)[C@H](O)[C@@H](O)C(=O)OCCCCCCc1cccnc1. The van der Waals surface area contributed by atoms with Gasteiger partial charge in [0.1, 0.15) is 0 Å². The summed E-state index contributed by atoms with van der Waals surface area (Å²) in [6.07, 6.45) is 12.2. The molecule has 0 aromatic carbocycles. The van der Waals surface area contributed by atoms with E-state index in [1.165, 1.54) is 11.1 Å². The fourth-order valence-corrected chi connectivity index (χ4v) is 3.44. The van der Waals surface area contributed by atoms with Gasteiger partial charge in [0.05, 0.1) is 13.2 Å². The molecule has 0 aliphatic carbocycles. The molecule has 2 atom stereocenters. The van der Waals surface area contributed by atoms with Crippen LogP contribution in [-0.4, -0.2) is 57.5 Å². The van der Waals surface area contributed by atoms with E-state index in [-0.39, 0.29) is 13.2 Å². The van der Waals surface area contributed by atoms with Crippen molar-refractivity contribution in [1.29, 1.82) is 0 Å². The lowest BCUT2D eigenvalue weighted by atomic mass is 10.1. The third-order valence-electron chi connectivity index (χ3n) is 5.44. The number of aromatic nitrogens is 2. The van der Waals surface area contributed by atoms with Crippen LogP contribution in [0.3, 0.4) is 0 Å². The minimum atomic E-state index is -1.95. The van der Waals surface area contributed by atoms with E-state index in [1.54, 1.807) is 12.4 Å². The third-order valence-corrected chi connectivity index (χ3v) is 5.44. The van der Waals surface area contributed by atoms with Gasteiger partial charge in [-0.2, -0.15) is 0 Å². The lowest BCUT2D eigenvalue weighted by Crippen LogP contribution is -2.41. The predicted molar refractivity (Wildman–Crippen MR) is 127 cm³/mol. The second-order valence-corrected chi connectivity index (χ2v) is 8.28. The van der Waals surface area contributed by atoms with Gasteiger partial charge in [-0.25, -0.2) is 9.59 Å². The molecule has 0 unspecified atom stereocenters. The molecule has 0 fully saturated rings. The standard InChI is InChI=1S/C26H36N2O6/c29-23(25(31)33-17-7-3-1-5-11-21-13-9-15-27-19-21)24(30)26(32)34-18-8-4-2-6-12-22-14-10-16-28-20-22/h9-10,13-16,19-20,23-24,29-30H,1-8,11-12,17-18H2/t23-,24-/m1/s1. The number of aliphatic hydroxyl groups excluding tert-OH is 2. The topological polar surface area (TPSA) is 119 Å². The van der Waals surface area contributed by atoms with E-state index >= 15 is 0 Å². The molecule has 0 amide bonds.